The Morgan fingerprint density at radius 2 is 1.74 bits per heavy atom. The van der Waals surface area contributed by atoms with Crippen molar-refractivity contribution in [3.63, 3.8) is 0 Å². The number of benzene rings is 1. The zero-order valence-electron chi connectivity index (χ0n) is 15.9. The SMILES string of the molecule is CNc1ccc(NCC[C@@H]2CC2C2CCN(c3ncc(Cl)cn3)CC2)cc1. The predicted molar refractivity (Wildman–Crippen MR) is 113 cm³/mol. The van der Waals surface area contributed by atoms with Crippen molar-refractivity contribution in [1.82, 2.24) is 9.97 Å². The first kappa shape index (κ1) is 18.4. The summed E-state index contributed by atoms with van der Waals surface area (Å²) in [4.78, 5) is 11.0. The molecule has 0 radical (unpaired) electrons. The molecule has 1 aromatic carbocycles. The topological polar surface area (TPSA) is 53.1 Å². The Kier molecular flexibility index (Phi) is 5.67. The summed E-state index contributed by atoms with van der Waals surface area (Å²) in [5.74, 6) is 3.51. The first-order valence-corrected chi connectivity index (χ1v) is 10.3. The van der Waals surface area contributed by atoms with Crippen molar-refractivity contribution < 1.29 is 0 Å². The molecule has 1 aliphatic heterocycles. The predicted octanol–water partition coefficient (Wildman–Crippen LogP) is 4.53. The first-order chi connectivity index (χ1) is 13.2. The van der Waals surface area contributed by atoms with Crippen LogP contribution in [0.5, 0.6) is 0 Å². The zero-order valence-corrected chi connectivity index (χ0v) is 16.6. The van der Waals surface area contributed by atoms with Crippen LogP contribution in [0.2, 0.25) is 5.02 Å². The van der Waals surface area contributed by atoms with E-state index in [0.717, 1.165) is 49.0 Å². The maximum Gasteiger partial charge on any atom is 0.225 e. The fourth-order valence-corrected chi connectivity index (χ4v) is 4.43. The molecule has 0 bridgehead atoms. The van der Waals surface area contributed by atoms with E-state index in [4.69, 9.17) is 11.6 Å². The van der Waals surface area contributed by atoms with Gasteiger partial charge in [-0.25, -0.2) is 9.97 Å². The van der Waals surface area contributed by atoms with Crippen LogP contribution in [-0.2, 0) is 0 Å². The van der Waals surface area contributed by atoms with Crippen molar-refractivity contribution in [2.45, 2.75) is 25.7 Å². The van der Waals surface area contributed by atoms with Crippen LogP contribution in [0.25, 0.3) is 0 Å². The van der Waals surface area contributed by atoms with Gasteiger partial charge in [-0.05, 0) is 67.7 Å². The van der Waals surface area contributed by atoms with Crippen molar-refractivity contribution >= 4 is 28.9 Å². The van der Waals surface area contributed by atoms with Gasteiger partial charge in [-0.15, -0.1) is 0 Å². The maximum atomic E-state index is 5.88. The highest BCUT2D eigenvalue weighted by Gasteiger charge is 2.43. The number of hydrogen-bond donors (Lipinski definition) is 2. The van der Waals surface area contributed by atoms with Gasteiger partial charge in [0.2, 0.25) is 5.95 Å². The van der Waals surface area contributed by atoms with Crippen LogP contribution < -0.4 is 15.5 Å². The number of nitrogens with one attached hydrogen (secondary N) is 2. The summed E-state index contributed by atoms with van der Waals surface area (Å²) >= 11 is 5.88. The van der Waals surface area contributed by atoms with Crippen LogP contribution in [0.4, 0.5) is 17.3 Å². The Labute approximate surface area is 166 Å². The molecule has 2 heterocycles. The number of hydrogen-bond acceptors (Lipinski definition) is 5. The van der Waals surface area contributed by atoms with E-state index < -0.39 is 0 Å². The quantitative estimate of drug-likeness (QED) is 0.733. The maximum absolute atomic E-state index is 5.88. The lowest BCUT2D eigenvalue weighted by molar-refractivity contribution is 0.343. The van der Waals surface area contributed by atoms with E-state index in [0.29, 0.717) is 5.02 Å². The van der Waals surface area contributed by atoms with Gasteiger partial charge in [0.05, 0.1) is 17.4 Å². The van der Waals surface area contributed by atoms with Crippen LogP contribution in [-0.4, -0.2) is 36.6 Å². The monoisotopic (exact) mass is 385 g/mol. The Hall–Kier alpha value is -2.01. The standard InChI is InChI=1S/C21H28ClN5/c1-23-18-2-4-19(5-3-18)24-9-6-16-12-20(16)15-7-10-27(11-8-15)21-25-13-17(22)14-26-21/h2-5,13-16,20,23-24H,6-12H2,1H3/t16-,20?/m1/s1. The average Bonchev–Trinajstić information content (AvgIpc) is 3.49. The summed E-state index contributed by atoms with van der Waals surface area (Å²) < 4.78 is 0. The van der Waals surface area contributed by atoms with Crippen LogP contribution in [0, 0.1) is 17.8 Å². The Bertz CT molecular complexity index is 725. The molecule has 2 fully saturated rings. The van der Waals surface area contributed by atoms with Gasteiger partial charge in [-0.1, -0.05) is 11.6 Å². The molecule has 1 aromatic heterocycles. The minimum absolute atomic E-state index is 0.598. The fourth-order valence-electron chi connectivity index (χ4n) is 4.33. The molecule has 27 heavy (non-hydrogen) atoms. The third-order valence-corrected chi connectivity index (χ3v) is 6.22. The van der Waals surface area contributed by atoms with Gasteiger partial charge in [0.1, 0.15) is 0 Å². The number of rotatable bonds is 7. The minimum atomic E-state index is 0.598. The smallest absolute Gasteiger partial charge is 0.225 e. The number of piperidine rings is 1. The van der Waals surface area contributed by atoms with E-state index in [1.165, 1.54) is 31.4 Å². The van der Waals surface area contributed by atoms with E-state index in [1.54, 1.807) is 12.4 Å². The van der Waals surface area contributed by atoms with Crippen LogP contribution in [0.3, 0.4) is 0 Å². The van der Waals surface area contributed by atoms with E-state index in [9.17, 15) is 0 Å². The Morgan fingerprint density at radius 3 is 2.41 bits per heavy atom. The Balaban J connectivity index is 1.17. The third kappa shape index (κ3) is 4.64. The van der Waals surface area contributed by atoms with Gasteiger partial charge in [0, 0.05) is 38.1 Å². The van der Waals surface area contributed by atoms with Crippen molar-refractivity contribution in [3.05, 3.63) is 41.7 Å². The summed E-state index contributed by atoms with van der Waals surface area (Å²) in [6, 6.07) is 8.51. The molecule has 1 saturated carbocycles. The van der Waals surface area contributed by atoms with Crippen molar-refractivity contribution in [2.24, 2.45) is 17.8 Å². The lowest BCUT2D eigenvalue weighted by atomic mass is 9.90. The Morgan fingerprint density at radius 1 is 1.07 bits per heavy atom. The number of aromatic nitrogens is 2. The highest BCUT2D eigenvalue weighted by atomic mass is 35.5. The molecule has 2 aliphatic rings. The molecular formula is C21H28ClN5. The third-order valence-electron chi connectivity index (χ3n) is 6.03. The van der Waals surface area contributed by atoms with Crippen LogP contribution in [0.1, 0.15) is 25.7 Å². The average molecular weight is 386 g/mol. The molecular weight excluding hydrogens is 358 g/mol. The van der Waals surface area contributed by atoms with Gasteiger partial charge < -0.3 is 15.5 Å². The summed E-state index contributed by atoms with van der Waals surface area (Å²) in [7, 11) is 1.95. The van der Waals surface area contributed by atoms with Crippen LogP contribution >= 0.6 is 11.6 Å². The van der Waals surface area contributed by atoms with Crippen LogP contribution in [0.15, 0.2) is 36.7 Å². The second-order valence-electron chi connectivity index (χ2n) is 7.73. The lowest BCUT2D eigenvalue weighted by Crippen LogP contribution is -2.35. The summed E-state index contributed by atoms with van der Waals surface area (Å²) in [5, 5.41) is 7.31. The second-order valence-corrected chi connectivity index (χ2v) is 8.16. The van der Waals surface area contributed by atoms with E-state index in [2.05, 4.69) is 49.8 Å². The van der Waals surface area contributed by atoms with Gasteiger partial charge in [-0.3, -0.25) is 0 Å². The minimum Gasteiger partial charge on any atom is -0.388 e. The molecule has 0 amide bonds. The highest BCUT2D eigenvalue weighted by molar-refractivity contribution is 6.30. The number of anilines is 3. The highest BCUT2D eigenvalue weighted by Crippen LogP contribution is 2.49. The number of halogens is 1. The van der Waals surface area contributed by atoms with Gasteiger partial charge in [0.25, 0.3) is 0 Å². The summed E-state index contributed by atoms with van der Waals surface area (Å²) in [6.07, 6.45) is 8.57. The molecule has 1 unspecified atom stereocenters. The molecule has 5 nitrogen and oxygen atoms in total. The van der Waals surface area contributed by atoms with E-state index in [1.807, 2.05) is 7.05 Å². The van der Waals surface area contributed by atoms with E-state index in [-0.39, 0.29) is 0 Å². The van der Waals surface area contributed by atoms with Gasteiger partial charge in [-0.2, -0.15) is 0 Å². The molecule has 144 valence electrons. The molecule has 2 aromatic rings. The molecule has 1 aliphatic carbocycles. The lowest BCUT2D eigenvalue weighted by Gasteiger charge is -2.32. The van der Waals surface area contributed by atoms with Crippen molar-refractivity contribution in [2.75, 3.05) is 42.2 Å². The summed E-state index contributed by atoms with van der Waals surface area (Å²) in [6.45, 7) is 3.19. The largest absolute Gasteiger partial charge is 0.388 e. The molecule has 4 rings (SSSR count). The summed E-state index contributed by atoms with van der Waals surface area (Å²) in [5.41, 5.74) is 2.36. The fraction of sp³-hybridized carbons (Fsp3) is 0.524. The molecule has 2 N–H and O–H groups in total. The van der Waals surface area contributed by atoms with Gasteiger partial charge in [0.15, 0.2) is 0 Å². The molecule has 6 heteroatoms. The molecule has 1 saturated heterocycles. The second kappa shape index (κ2) is 8.34. The number of nitrogens with zero attached hydrogens (tertiary/aromatic N) is 3. The van der Waals surface area contributed by atoms with Gasteiger partial charge >= 0.3 is 0 Å². The zero-order chi connectivity index (χ0) is 18.6. The molecule has 0 spiro atoms. The van der Waals surface area contributed by atoms with Crippen molar-refractivity contribution in [3.8, 4) is 0 Å². The van der Waals surface area contributed by atoms with Crippen molar-refractivity contribution in [1.29, 1.82) is 0 Å². The molecule has 2 atom stereocenters. The first-order valence-electron chi connectivity index (χ1n) is 9.97. The normalized spacial score (nSPS) is 22.5. The van der Waals surface area contributed by atoms with E-state index >= 15 is 0 Å².